The molecule has 4 heterocycles. The number of aromatic nitrogens is 2. The highest BCUT2D eigenvalue weighted by molar-refractivity contribution is 5.97. The quantitative estimate of drug-likeness (QED) is 0.334. The number of nitrogens with zero attached hydrogens (tertiary/aromatic N) is 3. The number of H-pyrrole nitrogens is 1. The van der Waals surface area contributed by atoms with Crippen LogP contribution in [0.5, 0.6) is 0 Å². The van der Waals surface area contributed by atoms with Crippen LogP contribution in [0.15, 0.2) is 48.8 Å². The average Bonchev–Trinajstić information content (AvgIpc) is 3.35. The third-order valence-corrected chi connectivity index (χ3v) is 12.5. The van der Waals surface area contributed by atoms with Crippen LogP contribution in [-0.4, -0.2) is 64.5 Å². The molecule has 200 valence electrons. The largest absolute Gasteiger partial charge is 0.361 e. The summed E-state index contributed by atoms with van der Waals surface area (Å²) in [4.78, 5) is 20.5. The molecule has 4 fully saturated rings. The van der Waals surface area contributed by atoms with Crippen LogP contribution in [0.4, 0.5) is 0 Å². The molecule has 6 unspecified atom stereocenters. The Morgan fingerprint density at radius 2 is 1.44 bits per heavy atom. The van der Waals surface area contributed by atoms with Gasteiger partial charge in [-0.1, -0.05) is 38.1 Å². The van der Waals surface area contributed by atoms with E-state index in [4.69, 9.17) is 0 Å². The number of benzene rings is 2. The fraction of sp³-hybridized carbons (Fsp3) is 0.500. The minimum atomic E-state index is 0.111. The van der Waals surface area contributed by atoms with Gasteiger partial charge in [-0.3, -0.25) is 9.36 Å². The second-order valence-electron chi connectivity index (χ2n) is 14.5. The number of carbonyl (C=O) groups excluding carboxylic acids is 1. The molecule has 6 atom stereocenters. The SMILES string of the molecule is CC(=O)n1cc2c3c(cccc31)C13CC1(C)CN(C)C3C2.CN1CC2(C)CC23c2cccc4[nH]cc(c24)CC13. The Hall–Kier alpha value is -2.89. The number of rotatable bonds is 0. The Morgan fingerprint density at radius 3 is 2.08 bits per heavy atom. The number of hydrogen-bond acceptors (Lipinski definition) is 3. The fourth-order valence-electron chi connectivity index (χ4n) is 10.9. The number of likely N-dealkylation sites (N-methyl/N-ethyl adjacent to an activating group) is 2. The summed E-state index contributed by atoms with van der Waals surface area (Å²) in [7, 11) is 4.57. The van der Waals surface area contributed by atoms with Gasteiger partial charge in [0.05, 0.1) is 5.52 Å². The molecule has 0 radical (unpaired) electrons. The van der Waals surface area contributed by atoms with Crippen LogP contribution in [0.2, 0.25) is 0 Å². The van der Waals surface area contributed by atoms with E-state index >= 15 is 0 Å². The van der Waals surface area contributed by atoms with Crippen LogP contribution in [0.1, 0.15) is 60.7 Å². The molecule has 5 heteroatoms. The van der Waals surface area contributed by atoms with E-state index < -0.39 is 0 Å². The topological polar surface area (TPSA) is 44.3 Å². The summed E-state index contributed by atoms with van der Waals surface area (Å²) >= 11 is 0. The number of piperidine rings is 2. The van der Waals surface area contributed by atoms with E-state index in [-0.39, 0.29) is 5.91 Å². The van der Waals surface area contributed by atoms with Crippen molar-refractivity contribution >= 4 is 27.7 Å². The van der Waals surface area contributed by atoms with Gasteiger partial charge in [0, 0.05) is 71.6 Å². The highest BCUT2D eigenvalue weighted by atomic mass is 16.1. The molecule has 0 bridgehead atoms. The van der Waals surface area contributed by atoms with Crippen molar-refractivity contribution in [2.75, 3.05) is 27.2 Å². The maximum absolute atomic E-state index is 11.9. The molecule has 4 aromatic rings. The van der Waals surface area contributed by atoms with Crippen LogP contribution < -0.4 is 0 Å². The molecule has 2 aliphatic heterocycles. The zero-order chi connectivity index (χ0) is 26.7. The van der Waals surface area contributed by atoms with Crippen LogP contribution in [-0.2, 0) is 23.7 Å². The molecular formula is C34H38N4O. The molecule has 2 spiro atoms. The van der Waals surface area contributed by atoms with E-state index in [1.807, 2.05) is 4.57 Å². The summed E-state index contributed by atoms with van der Waals surface area (Å²) in [6, 6.07) is 14.7. The molecule has 39 heavy (non-hydrogen) atoms. The van der Waals surface area contributed by atoms with Gasteiger partial charge in [-0.05, 0) is 85.0 Å². The summed E-state index contributed by atoms with van der Waals surface area (Å²) in [6.07, 6.45) is 9.31. The van der Waals surface area contributed by atoms with Crippen molar-refractivity contribution in [3.05, 3.63) is 71.0 Å². The van der Waals surface area contributed by atoms with Gasteiger partial charge in [-0.25, -0.2) is 0 Å². The average molecular weight is 519 g/mol. The maximum atomic E-state index is 11.9. The Morgan fingerprint density at radius 1 is 0.846 bits per heavy atom. The first kappa shape index (κ1) is 22.9. The zero-order valence-electron chi connectivity index (χ0n) is 23.8. The van der Waals surface area contributed by atoms with Gasteiger partial charge in [-0.15, -0.1) is 0 Å². The third kappa shape index (κ3) is 2.42. The standard InChI is InChI=1S/C18H20N2O.C16H18N2/c1-11(21)20-8-12-7-15-18(9-17(18,2)10-19(15)3)13-5-4-6-14(20)16(12)13;1-15-8-16(15)11-4-3-5-12-14(11)10(7-17-12)6-13(16)18(2)9-15/h4-6,8,15H,7,9-10H2,1-3H3;3-5,7,13,17H,6,8-9H2,1-2H3. The number of likely N-dealkylation sites (tertiary alicyclic amines) is 2. The first-order chi connectivity index (χ1) is 18.6. The predicted molar refractivity (Wildman–Crippen MR) is 156 cm³/mol. The van der Waals surface area contributed by atoms with E-state index in [2.05, 4.69) is 91.5 Å². The van der Waals surface area contributed by atoms with Crippen LogP contribution in [0.3, 0.4) is 0 Å². The molecule has 2 aromatic heterocycles. The van der Waals surface area contributed by atoms with Gasteiger partial charge >= 0.3 is 0 Å². The number of carbonyl (C=O) groups is 1. The lowest BCUT2D eigenvalue weighted by Gasteiger charge is -2.34. The third-order valence-electron chi connectivity index (χ3n) is 12.5. The van der Waals surface area contributed by atoms with Gasteiger partial charge in [0.25, 0.3) is 0 Å². The van der Waals surface area contributed by atoms with Crippen molar-refractivity contribution in [3.63, 3.8) is 0 Å². The second-order valence-corrected chi connectivity index (χ2v) is 14.5. The van der Waals surface area contributed by atoms with E-state index in [1.165, 1.54) is 65.3 Å². The van der Waals surface area contributed by atoms with Crippen molar-refractivity contribution in [3.8, 4) is 0 Å². The van der Waals surface area contributed by atoms with Crippen LogP contribution in [0.25, 0.3) is 21.8 Å². The highest BCUT2D eigenvalue weighted by Gasteiger charge is 2.75. The van der Waals surface area contributed by atoms with Crippen molar-refractivity contribution in [1.82, 2.24) is 19.4 Å². The monoisotopic (exact) mass is 518 g/mol. The van der Waals surface area contributed by atoms with Crippen LogP contribution in [0, 0.1) is 10.8 Å². The van der Waals surface area contributed by atoms with E-state index in [1.54, 1.807) is 12.5 Å². The molecule has 0 amide bonds. The molecular weight excluding hydrogens is 480 g/mol. The van der Waals surface area contributed by atoms with E-state index in [0.717, 1.165) is 18.0 Å². The summed E-state index contributed by atoms with van der Waals surface area (Å²) in [6.45, 7) is 9.04. The summed E-state index contributed by atoms with van der Waals surface area (Å²) in [5, 5.41) is 2.90. The smallest absolute Gasteiger partial charge is 0.227 e. The fourth-order valence-corrected chi connectivity index (χ4v) is 10.9. The molecule has 4 aliphatic carbocycles. The Balaban J connectivity index is 0.000000115. The minimum Gasteiger partial charge on any atom is -0.361 e. The number of hydrogen-bond donors (Lipinski definition) is 1. The maximum Gasteiger partial charge on any atom is 0.227 e. The molecule has 1 N–H and O–H groups in total. The first-order valence-electron chi connectivity index (χ1n) is 14.8. The Labute approximate surface area is 230 Å². The molecule has 10 rings (SSSR count). The predicted octanol–water partition coefficient (Wildman–Crippen LogP) is 5.51. The highest BCUT2D eigenvalue weighted by Crippen LogP contribution is 2.74. The number of nitrogens with one attached hydrogen (secondary N) is 1. The van der Waals surface area contributed by atoms with Gasteiger partial charge in [0.2, 0.25) is 5.91 Å². The summed E-state index contributed by atoms with van der Waals surface area (Å²) in [5.74, 6) is 0.111. The van der Waals surface area contributed by atoms with Crippen LogP contribution >= 0.6 is 0 Å². The lowest BCUT2D eigenvalue weighted by atomic mass is 9.75. The normalized spacial score (nSPS) is 38.6. The molecule has 2 saturated carbocycles. The lowest BCUT2D eigenvalue weighted by Crippen LogP contribution is -2.40. The molecule has 5 nitrogen and oxygen atoms in total. The van der Waals surface area contributed by atoms with Gasteiger partial charge < -0.3 is 14.8 Å². The number of aromatic amines is 1. The van der Waals surface area contributed by atoms with Crippen molar-refractivity contribution in [2.45, 2.75) is 69.4 Å². The van der Waals surface area contributed by atoms with E-state index in [0.29, 0.717) is 27.7 Å². The second kappa shape index (κ2) is 6.70. The van der Waals surface area contributed by atoms with E-state index in [9.17, 15) is 4.79 Å². The van der Waals surface area contributed by atoms with Crippen molar-refractivity contribution < 1.29 is 4.79 Å². The minimum absolute atomic E-state index is 0.111. The molecule has 6 aliphatic rings. The Bertz CT molecular complexity index is 1760. The zero-order valence-corrected chi connectivity index (χ0v) is 23.8. The Kier molecular flexibility index (Phi) is 3.93. The van der Waals surface area contributed by atoms with Gasteiger partial charge in [0.15, 0.2) is 0 Å². The summed E-state index contributed by atoms with van der Waals surface area (Å²) < 4.78 is 1.84. The molecule has 2 aromatic carbocycles. The first-order valence-corrected chi connectivity index (χ1v) is 14.8. The summed E-state index contributed by atoms with van der Waals surface area (Å²) in [5.41, 5.74) is 10.2. The van der Waals surface area contributed by atoms with Crippen molar-refractivity contribution in [1.29, 1.82) is 0 Å². The van der Waals surface area contributed by atoms with Gasteiger partial charge in [-0.2, -0.15) is 0 Å². The molecule has 2 saturated heterocycles. The van der Waals surface area contributed by atoms with Gasteiger partial charge in [0.1, 0.15) is 0 Å². The van der Waals surface area contributed by atoms with Crippen molar-refractivity contribution in [2.24, 2.45) is 10.8 Å². The lowest BCUT2D eigenvalue weighted by molar-refractivity contribution is 0.0941.